The van der Waals surface area contributed by atoms with Gasteiger partial charge < -0.3 is 20.2 Å². The average molecular weight is 342 g/mol. The van der Waals surface area contributed by atoms with E-state index in [0.717, 1.165) is 40.8 Å². The summed E-state index contributed by atoms with van der Waals surface area (Å²) in [6.07, 6.45) is 1.68. The predicted octanol–water partition coefficient (Wildman–Crippen LogP) is 0.481. The molecule has 8 heteroatoms. The Hall–Kier alpha value is -2.71. The predicted molar refractivity (Wildman–Crippen MR) is 92.5 cm³/mol. The second-order valence-electron chi connectivity index (χ2n) is 6.03. The van der Waals surface area contributed by atoms with Crippen molar-refractivity contribution in [2.24, 2.45) is 5.73 Å². The normalized spacial score (nSPS) is 18.0. The third-order valence-corrected chi connectivity index (χ3v) is 4.55. The molecule has 1 atom stereocenters. The summed E-state index contributed by atoms with van der Waals surface area (Å²) in [5.41, 5.74) is 7.87. The maximum absolute atomic E-state index is 11.8. The summed E-state index contributed by atoms with van der Waals surface area (Å²) >= 11 is 0. The number of morpholine rings is 1. The lowest BCUT2D eigenvalue weighted by Gasteiger charge is -2.29. The molecule has 130 valence electrons. The highest BCUT2D eigenvalue weighted by molar-refractivity contribution is 6.11. The fourth-order valence-corrected chi connectivity index (χ4v) is 3.31. The smallest absolute Gasteiger partial charge is 0.337 e. The molecule has 0 saturated carbocycles. The van der Waals surface area contributed by atoms with Crippen molar-refractivity contribution in [2.45, 2.75) is 6.10 Å². The van der Waals surface area contributed by atoms with Crippen LogP contribution in [0.1, 0.15) is 10.4 Å². The van der Waals surface area contributed by atoms with Crippen LogP contribution in [-0.4, -0.2) is 55.4 Å². The summed E-state index contributed by atoms with van der Waals surface area (Å²) < 4.78 is 10.5. The number of nitrogens with zero attached hydrogens (tertiary/aromatic N) is 2. The molecular weight excluding hydrogens is 322 g/mol. The number of aromatic nitrogens is 3. The topological polar surface area (TPSA) is 108 Å². The highest BCUT2D eigenvalue weighted by Crippen LogP contribution is 2.30. The van der Waals surface area contributed by atoms with Gasteiger partial charge in [0.15, 0.2) is 0 Å². The Bertz CT molecular complexity index is 939. The number of H-pyrrole nitrogens is 2. The number of carbonyl (C=O) groups excluding carboxylic acids is 1. The number of aromatic amines is 2. The number of benzene rings is 1. The van der Waals surface area contributed by atoms with Gasteiger partial charge in [-0.05, 0) is 12.1 Å². The molecule has 0 aliphatic carbocycles. The maximum Gasteiger partial charge on any atom is 0.337 e. The lowest BCUT2D eigenvalue weighted by molar-refractivity contribution is -0.367. The molecule has 1 aromatic carbocycles. The monoisotopic (exact) mass is 342 g/mol. The molecule has 25 heavy (non-hydrogen) atoms. The van der Waals surface area contributed by atoms with Crippen LogP contribution in [-0.2, 0) is 9.47 Å². The van der Waals surface area contributed by atoms with Crippen molar-refractivity contribution in [1.82, 2.24) is 9.97 Å². The fourth-order valence-electron chi connectivity index (χ4n) is 3.31. The Kier molecular flexibility index (Phi) is 3.98. The highest BCUT2D eigenvalue weighted by atomic mass is 16.5. The average Bonchev–Trinajstić information content (AvgIpc) is 3.05. The molecule has 1 aliphatic heterocycles. The minimum Gasteiger partial charge on any atom is -0.465 e. The Morgan fingerprint density at radius 2 is 2.44 bits per heavy atom. The lowest BCUT2D eigenvalue weighted by atomic mass is 10.1. The van der Waals surface area contributed by atoms with Crippen LogP contribution in [0.15, 0.2) is 24.5 Å². The van der Waals surface area contributed by atoms with Crippen LogP contribution in [0, 0.1) is 0 Å². The number of nitrogens with two attached hydrogens (primary N) is 1. The SMILES string of the molecule is COC(=O)c1ccc2c(c1)[nH]c1nc[nH+]c(N3CCOC(CN)C3)c12. The van der Waals surface area contributed by atoms with Gasteiger partial charge in [-0.3, -0.25) is 4.90 Å². The lowest BCUT2D eigenvalue weighted by Crippen LogP contribution is -2.47. The van der Waals surface area contributed by atoms with Crippen molar-refractivity contribution >= 4 is 33.7 Å². The number of nitrogens with one attached hydrogen (secondary N) is 2. The molecule has 4 N–H and O–H groups in total. The summed E-state index contributed by atoms with van der Waals surface area (Å²) in [5.74, 6) is 0.614. The zero-order valence-electron chi connectivity index (χ0n) is 13.9. The van der Waals surface area contributed by atoms with Crippen molar-refractivity contribution in [2.75, 3.05) is 38.3 Å². The van der Waals surface area contributed by atoms with Gasteiger partial charge in [-0.15, -0.1) is 0 Å². The van der Waals surface area contributed by atoms with Crippen molar-refractivity contribution in [3.8, 4) is 0 Å². The molecule has 2 aromatic heterocycles. The van der Waals surface area contributed by atoms with Crippen LogP contribution in [0.5, 0.6) is 0 Å². The van der Waals surface area contributed by atoms with Crippen LogP contribution in [0.2, 0.25) is 0 Å². The Labute approximate surface area is 143 Å². The van der Waals surface area contributed by atoms with E-state index in [9.17, 15) is 4.79 Å². The van der Waals surface area contributed by atoms with Crippen LogP contribution < -0.4 is 15.6 Å². The highest BCUT2D eigenvalue weighted by Gasteiger charge is 2.27. The molecule has 3 aromatic rings. The summed E-state index contributed by atoms with van der Waals surface area (Å²) in [4.78, 5) is 24.9. The van der Waals surface area contributed by atoms with E-state index in [0.29, 0.717) is 18.7 Å². The molecule has 0 spiro atoms. The first kappa shape index (κ1) is 15.8. The molecule has 8 nitrogen and oxygen atoms in total. The van der Waals surface area contributed by atoms with Gasteiger partial charge >= 0.3 is 5.97 Å². The van der Waals surface area contributed by atoms with Gasteiger partial charge in [-0.1, -0.05) is 11.1 Å². The molecule has 1 saturated heterocycles. The van der Waals surface area contributed by atoms with E-state index < -0.39 is 0 Å². The van der Waals surface area contributed by atoms with Gasteiger partial charge in [-0.25, -0.2) is 9.78 Å². The number of hydrogen-bond donors (Lipinski definition) is 2. The number of fused-ring (bicyclic) bond motifs is 3. The zero-order valence-corrected chi connectivity index (χ0v) is 13.9. The Morgan fingerprint density at radius 3 is 3.24 bits per heavy atom. The Balaban J connectivity index is 1.84. The van der Waals surface area contributed by atoms with E-state index in [1.807, 2.05) is 6.07 Å². The van der Waals surface area contributed by atoms with E-state index in [1.165, 1.54) is 7.11 Å². The first-order valence-electron chi connectivity index (χ1n) is 8.18. The number of rotatable bonds is 3. The minimum absolute atomic E-state index is 0.0153. The van der Waals surface area contributed by atoms with Gasteiger partial charge in [0, 0.05) is 17.4 Å². The molecule has 1 unspecified atom stereocenters. The number of anilines is 1. The van der Waals surface area contributed by atoms with Crippen LogP contribution >= 0.6 is 0 Å². The second kappa shape index (κ2) is 6.30. The third-order valence-electron chi connectivity index (χ3n) is 4.55. The molecular formula is C17H20N5O3+. The van der Waals surface area contributed by atoms with E-state index in [1.54, 1.807) is 18.5 Å². The minimum atomic E-state index is -0.362. The van der Waals surface area contributed by atoms with E-state index >= 15 is 0 Å². The first-order valence-corrected chi connectivity index (χ1v) is 8.18. The standard InChI is InChI=1S/C17H19N5O3/c1-24-17(23)10-2-3-12-13(6-10)21-15-14(12)16(20-9-19-15)22-4-5-25-11(7-18)8-22/h2-3,6,9,11H,4-5,7-8,18H2,1H3,(H,19,20,21)/p+1. The number of carbonyl (C=O) groups is 1. The number of ether oxygens (including phenoxy) is 2. The van der Waals surface area contributed by atoms with Gasteiger partial charge in [-0.2, -0.15) is 0 Å². The largest absolute Gasteiger partial charge is 0.465 e. The third kappa shape index (κ3) is 2.69. The van der Waals surface area contributed by atoms with Crippen LogP contribution in [0.3, 0.4) is 0 Å². The summed E-state index contributed by atoms with van der Waals surface area (Å²) in [6.45, 7) is 2.62. The molecule has 0 radical (unpaired) electrons. The van der Waals surface area contributed by atoms with E-state index in [4.69, 9.17) is 15.2 Å². The molecule has 0 amide bonds. The molecule has 1 fully saturated rings. The fraction of sp³-hybridized carbons (Fsp3) is 0.353. The van der Waals surface area contributed by atoms with E-state index in [-0.39, 0.29) is 12.1 Å². The van der Waals surface area contributed by atoms with Gasteiger partial charge in [0.2, 0.25) is 17.8 Å². The summed E-state index contributed by atoms with van der Waals surface area (Å²) in [7, 11) is 1.37. The van der Waals surface area contributed by atoms with Crippen LogP contribution in [0.4, 0.5) is 5.82 Å². The second-order valence-corrected chi connectivity index (χ2v) is 6.03. The van der Waals surface area contributed by atoms with Crippen molar-refractivity contribution < 1.29 is 19.3 Å². The zero-order chi connectivity index (χ0) is 17.4. The number of esters is 1. The van der Waals surface area contributed by atoms with Crippen molar-refractivity contribution in [3.05, 3.63) is 30.1 Å². The summed E-state index contributed by atoms with van der Waals surface area (Å²) in [5, 5.41) is 1.99. The van der Waals surface area contributed by atoms with Gasteiger partial charge in [0.05, 0.1) is 32.4 Å². The van der Waals surface area contributed by atoms with Gasteiger partial charge in [0.25, 0.3) is 0 Å². The molecule has 1 aliphatic rings. The number of hydrogen-bond acceptors (Lipinski definition) is 6. The quantitative estimate of drug-likeness (QED) is 0.671. The number of methoxy groups -OCH3 is 1. The van der Waals surface area contributed by atoms with Crippen molar-refractivity contribution in [3.63, 3.8) is 0 Å². The summed E-state index contributed by atoms with van der Waals surface area (Å²) in [6, 6.07) is 5.47. The van der Waals surface area contributed by atoms with Crippen LogP contribution in [0.25, 0.3) is 21.9 Å². The first-order chi connectivity index (χ1) is 12.2. The van der Waals surface area contributed by atoms with E-state index in [2.05, 4.69) is 19.9 Å². The molecule has 0 bridgehead atoms. The van der Waals surface area contributed by atoms with Gasteiger partial charge in [0.1, 0.15) is 11.5 Å². The molecule has 4 rings (SSSR count). The Morgan fingerprint density at radius 1 is 1.56 bits per heavy atom. The maximum atomic E-state index is 11.8. The van der Waals surface area contributed by atoms with Crippen molar-refractivity contribution in [1.29, 1.82) is 0 Å². The molecule has 3 heterocycles.